The number of benzene rings is 1. The highest BCUT2D eigenvalue weighted by Gasteiger charge is 2.39. The molecule has 0 bridgehead atoms. The summed E-state index contributed by atoms with van der Waals surface area (Å²) in [7, 11) is 1.04. The van der Waals surface area contributed by atoms with E-state index in [1.54, 1.807) is 6.92 Å². The third-order valence-electron chi connectivity index (χ3n) is 4.44. The topological polar surface area (TPSA) is 112 Å². The van der Waals surface area contributed by atoms with E-state index in [4.69, 9.17) is 4.74 Å². The molecule has 0 atom stereocenters. The summed E-state index contributed by atoms with van der Waals surface area (Å²) in [6.45, 7) is 1.69. The van der Waals surface area contributed by atoms with Gasteiger partial charge in [0.1, 0.15) is 16.5 Å². The molecule has 138 valence electrons. The van der Waals surface area contributed by atoms with E-state index in [-0.39, 0.29) is 23.7 Å². The number of nitrogens with zero attached hydrogens (tertiary/aromatic N) is 2. The lowest BCUT2D eigenvalue weighted by Gasteiger charge is -2.20. The summed E-state index contributed by atoms with van der Waals surface area (Å²) in [4.78, 5) is 34.6. The summed E-state index contributed by atoms with van der Waals surface area (Å²) in [5, 5.41) is 20.0. The van der Waals surface area contributed by atoms with E-state index in [0.717, 1.165) is 7.11 Å². The minimum Gasteiger partial charge on any atom is -0.491 e. The summed E-state index contributed by atoms with van der Waals surface area (Å²) in [6.07, 6.45) is 1.25. The van der Waals surface area contributed by atoms with Crippen LogP contribution >= 0.6 is 0 Å². The molecule has 0 aliphatic heterocycles. The lowest BCUT2D eigenvalue weighted by atomic mass is 10.0. The molecule has 8 nitrogen and oxygen atoms in total. The molecule has 0 amide bonds. The molecule has 2 aromatic rings. The Bertz CT molecular complexity index is 1030. The van der Waals surface area contributed by atoms with E-state index in [1.807, 2.05) is 0 Å². The zero-order valence-electron chi connectivity index (χ0n) is 13.8. The molecule has 1 aromatic carbocycles. The highest BCUT2D eigenvalue weighted by molar-refractivity contribution is 6.00. The fourth-order valence-electron chi connectivity index (χ4n) is 3.29. The van der Waals surface area contributed by atoms with Gasteiger partial charge in [0.05, 0.1) is 12.0 Å². The minimum absolute atomic E-state index is 0.0848. The van der Waals surface area contributed by atoms with E-state index in [9.17, 15) is 33.6 Å². The molecule has 3 rings (SSSR count). The number of hydrogen-bond donors (Lipinski definition) is 1. The number of ether oxygens (including phenoxy) is 1. The molecule has 0 saturated heterocycles. The van der Waals surface area contributed by atoms with Crippen LogP contribution in [-0.4, -0.2) is 27.7 Å². The Morgan fingerprint density at radius 2 is 2.00 bits per heavy atom. The molecule has 1 aliphatic rings. The van der Waals surface area contributed by atoms with Crippen LogP contribution in [0.5, 0.6) is 5.75 Å². The van der Waals surface area contributed by atoms with Gasteiger partial charge in [0.25, 0.3) is 0 Å². The van der Waals surface area contributed by atoms with Crippen LogP contribution in [0.1, 0.15) is 41.7 Å². The summed E-state index contributed by atoms with van der Waals surface area (Å²) >= 11 is 0. The number of aromatic carboxylic acids is 1. The number of nitro benzene ring substituents is 1. The van der Waals surface area contributed by atoms with Gasteiger partial charge in [-0.1, -0.05) is 0 Å². The lowest BCUT2D eigenvalue weighted by Crippen LogP contribution is -2.25. The second-order valence-corrected chi connectivity index (χ2v) is 5.90. The van der Waals surface area contributed by atoms with Gasteiger partial charge in [0.15, 0.2) is 5.75 Å². The van der Waals surface area contributed by atoms with E-state index in [0.29, 0.717) is 12.8 Å². The van der Waals surface area contributed by atoms with Crippen molar-refractivity contribution in [2.24, 2.45) is 0 Å². The van der Waals surface area contributed by atoms with Crippen molar-refractivity contribution in [2.75, 3.05) is 7.11 Å². The molecule has 1 saturated carbocycles. The molecule has 1 N–H and O–H groups in total. The zero-order chi connectivity index (χ0) is 19.3. The van der Waals surface area contributed by atoms with E-state index < -0.39 is 50.3 Å². The highest BCUT2D eigenvalue weighted by Crippen LogP contribution is 2.45. The first-order chi connectivity index (χ1) is 12.3. The van der Waals surface area contributed by atoms with E-state index >= 15 is 0 Å². The number of halogens is 2. The predicted octanol–water partition coefficient (Wildman–Crippen LogP) is 2.79. The molecule has 1 aromatic heterocycles. The van der Waals surface area contributed by atoms with Gasteiger partial charge in [0, 0.05) is 18.2 Å². The molecular weight excluding hydrogens is 354 g/mol. The number of hydrogen-bond acceptors (Lipinski definition) is 5. The van der Waals surface area contributed by atoms with Gasteiger partial charge < -0.3 is 14.4 Å². The van der Waals surface area contributed by atoms with Crippen molar-refractivity contribution in [2.45, 2.75) is 32.2 Å². The molecular formula is C16H14F2N2O6. The van der Waals surface area contributed by atoms with E-state index in [2.05, 4.69) is 0 Å². The Balaban J connectivity index is 2.72. The number of rotatable bonds is 5. The van der Waals surface area contributed by atoms with Gasteiger partial charge in [-0.15, -0.1) is 0 Å². The molecule has 0 unspecified atom stereocenters. The number of aryl methyl sites for hydroxylation is 1. The van der Waals surface area contributed by atoms with Crippen molar-refractivity contribution >= 4 is 22.6 Å². The first-order valence-electron chi connectivity index (χ1n) is 7.79. The Morgan fingerprint density at radius 3 is 2.42 bits per heavy atom. The van der Waals surface area contributed by atoms with Crippen molar-refractivity contribution in [3.8, 4) is 5.75 Å². The van der Waals surface area contributed by atoms with Crippen molar-refractivity contribution in [3.05, 3.63) is 43.2 Å². The first kappa shape index (κ1) is 17.8. The first-order valence-corrected chi connectivity index (χ1v) is 7.79. The van der Waals surface area contributed by atoms with Gasteiger partial charge >= 0.3 is 11.7 Å². The number of methoxy groups -OCH3 is 1. The number of pyridine rings is 1. The third-order valence-corrected chi connectivity index (χ3v) is 4.44. The maximum Gasteiger partial charge on any atom is 0.341 e. The number of carbonyl (C=O) groups is 1. The molecule has 1 aliphatic carbocycles. The van der Waals surface area contributed by atoms with E-state index in [1.165, 1.54) is 4.57 Å². The van der Waals surface area contributed by atoms with Crippen molar-refractivity contribution in [1.29, 1.82) is 0 Å². The lowest BCUT2D eigenvalue weighted by molar-refractivity contribution is -0.386. The summed E-state index contributed by atoms with van der Waals surface area (Å²) in [6, 6.07) is 0. The van der Waals surface area contributed by atoms with Crippen LogP contribution in [0.15, 0.2) is 4.79 Å². The number of nitro groups is 1. The average Bonchev–Trinajstić information content (AvgIpc) is 3.40. The minimum atomic E-state index is -1.87. The standard InChI is InChI=1S/C16H14F2N2O6/c1-3-19-11(6-4-5-6)8(16(22)23)14(21)7-12(20(24)25)9(17)10(18)15(26-2)13(7)19/h6H,3-5H2,1-2H3,(H,22,23). The Labute approximate surface area is 144 Å². The Hall–Kier alpha value is -3.04. The van der Waals surface area contributed by atoms with Gasteiger partial charge in [-0.05, 0) is 19.8 Å². The molecule has 0 spiro atoms. The smallest absolute Gasteiger partial charge is 0.341 e. The summed E-state index contributed by atoms with van der Waals surface area (Å²) < 4.78 is 34.8. The van der Waals surface area contributed by atoms with Gasteiger partial charge in [-0.25, -0.2) is 4.79 Å². The Kier molecular flexibility index (Phi) is 4.13. The van der Waals surface area contributed by atoms with Crippen molar-refractivity contribution < 1.29 is 28.3 Å². The molecule has 26 heavy (non-hydrogen) atoms. The van der Waals surface area contributed by atoms with Crippen LogP contribution in [0, 0.1) is 21.7 Å². The fraction of sp³-hybridized carbons (Fsp3) is 0.375. The second-order valence-electron chi connectivity index (χ2n) is 5.90. The van der Waals surface area contributed by atoms with Crippen LogP contribution in [0.2, 0.25) is 0 Å². The number of carboxylic acid groups (broad SMARTS) is 1. The average molecular weight is 368 g/mol. The van der Waals surface area contributed by atoms with Crippen molar-refractivity contribution in [1.82, 2.24) is 4.57 Å². The maximum absolute atomic E-state index is 14.4. The quantitative estimate of drug-likeness (QED) is 0.642. The fourth-order valence-corrected chi connectivity index (χ4v) is 3.29. The maximum atomic E-state index is 14.4. The Morgan fingerprint density at radius 1 is 1.38 bits per heavy atom. The normalized spacial score (nSPS) is 13.8. The van der Waals surface area contributed by atoms with Crippen LogP contribution in [-0.2, 0) is 6.54 Å². The summed E-state index contributed by atoms with van der Waals surface area (Å²) in [5.74, 6) is -5.94. The van der Waals surface area contributed by atoms with Crippen LogP contribution in [0.3, 0.4) is 0 Å². The SMILES string of the molecule is CCn1c(C2CC2)c(C(=O)O)c(=O)c2c([N+](=O)[O-])c(F)c(F)c(OC)c21. The van der Waals surface area contributed by atoms with Crippen LogP contribution in [0.4, 0.5) is 14.5 Å². The van der Waals surface area contributed by atoms with Gasteiger partial charge in [-0.3, -0.25) is 14.9 Å². The summed E-state index contributed by atoms with van der Waals surface area (Å²) in [5.41, 5.74) is -3.43. The highest BCUT2D eigenvalue weighted by atomic mass is 19.2. The molecule has 1 fully saturated rings. The predicted molar refractivity (Wildman–Crippen MR) is 85.9 cm³/mol. The van der Waals surface area contributed by atoms with Crippen LogP contribution < -0.4 is 10.2 Å². The third kappa shape index (κ3) is 2.32. The molecule has 1 heterocycles. The zero-order valence-corrected chi connectivity index (χ0v) is 13.8. The van der Waals surface area contributed by atoms with Crippen molar-refractivity contribution in [3.63, 3.8) is 0 Å². The monoisotopic (exact) mass is 368 g/mol. The molecule has 0 radical (unpaired) electrons. The number of aromatic nitrogens is 1. The largest absolute Gasteiger partial charge is 0.491 e. The number of carboxylic acids is 1. The number of fused-ring (bicyclic) bond motifs is 1. The second kappa shape index (κ2) is 6.04. The van der Waals surface area contributed by atoms with Gasteiger partial charge in [-0.2, -0.15) is 8.78 Å². The van der Waals surface area contributed by atoms with Crippen LogP contribution in [0.25, 0.3) is 10.9 Å². The van der Waals surface area contributed by atoms with Gasteiger partial charge in [0.2, 0.25) is 17.1 Å². The molecule has 10 heteroatoms.